The first kappa shape index (κ1) is 14.9. The second-order valence-electron chi connectivity index (χ2n) is 4.34. The van der Waals surface area contributed by atoms with E-state index in [2.05, 4.69) is 14.7 Å². The molecule has 0 fully saturated rings. The fourth-order valence-electron chi connectivity index (χ4n) is 1.63. The van der Waals surface area contributed by atoms with Crippen LogP contribution in [0.5, 0.6) is 0 Å². The Morgan fingerprint density at radius 3 is 2.71 bits per heavy atom. The number of nitrogens with one attached hydrogen (secondary N) is 1. The van der Waals surface area contributed by atoms with Gasteiger partial charge in [0, 0.05) is 11.9 Å². The third-order valence-corrected chi connectivity index (χ3v) is 4.15. The van der Waals surface area contributed by atoms with Crippen molar-refractivity contribution < 1.29 is 8.42 Å². The van der Waals surface area contributed by atoms with Crippen molar-refractivity contribution >= 4 is 15.7 Å². The molecule has 0 saturated heterocycles. The van der Waals surface area contributed by atoms with E-state index in [9.17, 15) is 8.42 Å². The van der Waals surface area contributed by atoms with Gasteiger partial charge < -0.3 is 5.73 Å². The van der Waals surface area contributed by atoms with Crippen molar-refractivity contribution in [2.45, 2.75) is 18.4 Å². The van der Waals surface area contributed by atoms with Crippen molar-refractivity contribution in [3.8, 4) is 6.07 Å². The van der Waals surface area contributed by atoms with E-state index in [0.717, 1.165) is 5.69 Å². The topological polar surface area (TPSA) is 122 Å². The smallest absolute Gasteiger partial charge is 0.242 e. The van der Waals surface area contributed by atoms with Crippen LogP contribution < -0.4 is 10.5 Å². The van der Waals surface area contributed by atoms with Gasteiger partial charge in [0.2, 0.25) is 10.0 Å². The lowest BCUT2D eigenvalue weighted by Crippen LogP contribution is -2.24. The Hall–Kier alpha value is -2.50. The average Bonchev–Trinajstić information content (AvgIpc) is 2.46. The van der Waals surface area contributed by atoms with Gasteiger partial charge in [-0.25, -0.2) is 13.1 Å². The van der Waals surface area contributed by atoms with Crippen LogP contribution >= 0.6 is 0 Å². The molecule has 0 aliphatic rings. The predicted octanol–water partition coefficient (Wildman–Crippen LogP) is 0.717. The highest BCUT2D eigenvalue weighted by molar-refractivity contribution is 7.89. The standard InChI is InChI=1S/C13H13N5O2S/c1-9-6-17-12(7-16-9)8-18-21(19,20)13-3-2-11(15)4-10(13)5-14/h2-4,6-7,18H,8,15H2,1H3. The molecule has 0 saturated carbocycles. The monoisotopic (exact) mass is 303 g/mol. The van der Waals surface area contributed by atoms with Crippen LogP contribution in [-0.2, 0) is 16.6 Å². The molecule has 8 heteroatoms. The van der Waals surface area contributed by atoms with Gasteiger partial charge in [-0.2, -0.15) is 5.26 Å². The Bertz CT molecular complexity index is 794. The number of nitrogens with zero attached hydrogens (tertiary/aromatic N) is 3. The summed E-state index contributed by atoms with van der Waals surface area (Å²) in [6.07, 6.45) is 3.04. The van der Waals surface area contributed by atoms with Gasteiger partial charge in [-0.1, -0.05) is 0 Å². The fraction of sp³-hybridized carbons (Fsp3) is 0.154. The highest BCUT2D eigenvalue weighted by atomic mass is 32.2. The first-order valence-electron chi connectivity index (χ1n) is 5.99. The van der Waals surface area contributed by atoms with Crippen molar-refractivity contribution in [1.29, 1.82) is 5.26 Å². The Morgan fingerprint density at radius 1 is 1.33 bits per heavy atom. The van der Waals surface area contributed by atoms with Gasteiger partial charge in [-0.15, -0.1) is 0 Å². The third kappa shape index (κ3) is 3.53. The molecule has 3 N–H and O–H groups in total. The molecule has 0 amide bonds. The van der Waals surface area contributed by atoms with Crippen molar-refractivity contribution in [2.24, 2.45) is 0 Å². The summed E-state index contributed by atoms with van der Waals surface area (Å²) in [5, 5.41) is 9.00. The highest BCUT2D eigenvalue weighted by Crippen LogP contribution is 2.18. The molecule has 1 heterocycles. The molecule has 108 valence electrons. The van der Waals surface area contributed by atoms with Crippen LogP contribution in [0.4, 0.5) is 5.69 Å². The van der Waals surface area contributed by atoms with Crippen LogP contribution in [0, 0.1) is 18.3 Å². The van der Waals surface area contributed by atoms with Crippen LogP contribution in [0.15, 0.2) is 35.5 Å². The van der Waals surface area contributed by atoms with E-state index in [1.807, 2.05) is 6.07 Å². The second kappa shape index (κ2) is 5.87. The minimum Gasteiger partial charge on any atom is -0.399 e. The zero-order valence-electron chi connectivity index (χ0n) is 11.2. The number of hydrogen-bond acceptors (Lipinski definition) is 6. The zero-order valence-corrected chi connectivity index (χ0v) is 12.1. The molecule has 2 aromatic rings. The molecule has 0 bridgehead atoms. The van der Waals surface area contributed by atoms with E-state index in [4.69, 9.17) is 11.0 Å². The Balaban J connectivity index is 2.23. The van der Waals surface area contributed by atoms with Crippen LogP contribution in [0.25, 0.3) is 0 Å². The summed E-state index contributed by atoms with van der Waals surface area (Å²) in [5.74, 6) is 0. The molecule has 7 nitrogen and oxygen atoms in total. The molecule has 1 aromatic carbocycles. The molecule has 0 aliphatic carbocycles. The summed E-state index contributed by atoms with van der Waals surface area (Å²) in [6, 6.07) is 5.87. The quantitative estimate of drug-likeness (QED) is 0.802. The molecular formula is C13H13N5O2S. The third-order valence-electron chi connectivity index (χ3n) is 2.69. The minimum absolute atomic E-state index is 0.00232. The van der Waals surface area contributed by atoms with E-state index in [1.165, 1.54) is 24.4 Å². The van der Waals surface area contributed by atoms with Crippen molar-refractivity contribution in [3.63, 3.8) is 0 Å². The molecule has 0 unspecified atom stereocenters. The normalized spacial score (nSPS) is 11.0. The van der Waals surface area contributed by atoms with Gasteiger partial charge in [0.05, 0.1) is 34.6 Å². The van der Waals surface area contributed by atoms with E-state index < -0.39 is 10.0 Å². The number of benzene rings is 1. The maximum Gasteiger partial charge on any atom is 0.242 e. The molecule has 1 aromatic heterocycles. The van der Waals surface area contributed by atoms with Gasteiger partial charge >= 0.3 is 0 Å². The number of nitrogen functional groups attached to an aromatic ring is 1. The summed E-state index contributed by atoms with van der Waals surface area (Å²) in [7, 11) is -3.82. The lowest BCUT2D eigenvalue weighted by molar-refractivity contribution is 0.580. The number of aromatic nitrogens is 2. The van der Waals surface area contributed by atoms with E-state index in [-0.39, 0.29) is 17.0 Å². The first-order chi connectivity index (χ1) is 9.92. The van der Waals surface area contributed by atoms with Crippen LogP contribution in [0.2, 0.25) is 0 Å². The molecule has 21 heavy (non-hydrogen) atoms. The lowest BCUT2D eigenvalue weighted by atomic mass is 10.2. The summed E-state index contributed by atoms with van der Waals surface area (Å²) >= 11 is 0. The summed E-state index contributed by atoms with van der Waals surface area (Å²) in [4.78, 5) is 7.98. The van der Waals surface area contributed by atoms with Crippen LogP contribution in [0.3, 0.4) is 0 Å². The fourth-order valence-corrected chi connectivity index (χ4v) is 2.76. The Morgan fingerprint density at radius 2 is 2.10 bits per heavy atom. The number of anilines is 1. The highest BCUT2D eigenvalue weighted by Gasteiger charge is 2.18. The maximum absolute atomic E-state index is 12.2. The number of rotatable bonds is 4. The van der Waals surface area contributed by atoms with Crippen molar-refractivity contribution in [3.05, 3.63) is 47.5 Å². The molecule has 0 spiro atoms. The molecular weight excluding hydrogens is 290 g/mol. The number of nitriles is 1. The van der Waals surface area contributed by atoms with Crippen molar-refractivity contribution in [2.75, 3.05) is 5.73 Å². The molecule has 0 radical (unpaired) electrons. The van der Waals surface area contributed by atoms with Gasteiger partial charge in [0.25, 0.3) is 0 Å². The molecule has 0 atom stereocenters. The first-order valence-corrected chi connectivity index (χ1v) is 7.47. The van der Waals surface area contributed by atoms with E-state index in [1.54, 1.807) is 13.1 Å². The van der Waals surface area contributed by atoms with Gasteiger partial charge in [0.1, 0.15) is 6.07 Å². The number of sulfonamides is 1. The number of hydrogen-bond donors (Lipinski definition) is 2. The lowest BCUT2D eigenvalue weighted by Gasteiger charge is -2.08. The number of nitrogens with two attached hydrogens (primary N) is 1. The molecule has 2 rings (SSSR count). The average molecular weight is 303 g/mol. The minimum atomic E-state index is -3.82. The summed E-state index contributed by atoms with van der Waals surface area (Å²) < 4.78 is 26.8. The van der Waals surface area contributed by atoms with Crippen LogP contribution in [0.1, 0.15) is 17.0 Å². The van der Waals surface area contributed by atoms with Gasteiger partial charge in [0.15, 0.2) is 0 Å². The maximum atomic E-state index is 12.2. The second-order valence-corrected chi connectivity index (χ2v) is 6.08. The van der Waals surface area contributed by atoms with Gasteiger partial charge in [-0.05, 0) is 25.1 Å². The van der Waals surface area contributed by atoms with E-state index in [0.29, 0.717) is 11.4 Å². The van der Waals surface area contributed by atoms with Gasteiger partial charge in [-0.3, -0.25) is 9.97 Å². The summed E-state index contributed by atoms with van der Waals surface area (Å²) in [5.41, 5.74) is 7.09. The zero-order chi connectivity index (χ0) is 15.5. The Labute approximate surface area is 122 Å². The SMILES string of the molecule is Cc1cnc(CNS(=O)(=O)c2ccc(N)cc2C#N)cn1. The largest absolute Gasteiger partial charge is 0.399 e. The molecule has 0 aliphatic heterocycles. The van der Waals surface area contributed by atoms with Crippen molar-refractivity contribution in [1.82, 2.24) is 14.7 Å². The van der Waals surface area contributed by atoms with Crippen LogP contribution in [-0.4, -0.2) is 18.4 Å². The summed E-state index contributed by atoms with van der Waals surface area (Å²) in [6.45, 7) is 1.78. The number of aryl methyl sites for hydroxylation is 1. The van der Waals surface area contributed by atoms with E-state index >= 15 is 0 Å². The predicted molar refractivity (Wildman–Crippen MR) is 76.4 cm³/mol. The Kier molecular flexibility index (Phi) is 4.16.